The second kappa shape index (κ2) is 9.53. The number of benzene rings is 1. The van der Waals surface area contributed by atoms with Crippen molar-refractivity contribution in [3.63, 3.8) is 0 Å². The Bertz CT molecular complexity index is 1410. The first-order valence-corrected chi connectivity index (χ1v) is 11.3. The van der Waals surface area contributed by atoms with Crippen molar-refractivity contribution in [3.8, 4) is 17.2 Å². The SMILES string of the molecule is CCCCCn1c(=N)n(C(=N)CCc2noc(-c3ccc(O)cc3)n2)c(=O)c2[nH]c(Br)nc21. The molecular weight excluding hydrogens is 492 g/mol. The Kier molecular flexibility index (Phi) is 6.54. The molecule has 0 unspecified atom stereocenters. The van der Waals surface area contributed by atoms with E-state index in [-0.39, 0.29) is 35.6 Å². The number of fused-ring (bicyclic) bond motifs is 1. The average Bonchev–Trinajstić information content (AvgIpc) is 3.42. The van der Waals surface area contributed by atoms with Crippen LogP contribution in [0, 0.1) is 10.8 Å². The van der Waals surface area contributed by atoms with E-state index in [1.54, 1.807) is 16.7 Å². The maximum Gasteiger partial charge on any atom is 0.286 e. The number of rotatable bonds is 8. The summed E-state index contributed by atoms with van der Waals surface area (Å²) in [6.07, 6.45) is 3.23. The Balaban J connectivity index is 1.59. The van der Waals surface area contributed by atoms with Crippen LogP contribution in [0.5, 0.6) is 5.75 Å². The molecule has 11 nitrogen and oxygen atoms in total. The first-order chi connectivity index (χ1) is 15.9. The van der Waals surface area contributed by atoms with Crippen molar-refractivity contribution in [3.05, 3.63) is 50.8 Å². The van der Waals surface area contributed by atoms with Crippen LogP contribution < -0.4 is 11.2 Å². The zero-order valence-electron chi connectivity index (χ0n) is 17.9. The second-order valence-corrected chi connectivity index (χ2v) is 8.31. The van der Waals surface area contributed by atoms with Crippen LogP contribution in [-0.4, -0.2) is 40.2 Å². The zero-order chi connectivity index (χ0) is 23.5. The number of unbranched alkanes of at least 4 members (excludes halogenated alkanes) is 2. The van der Waals surface area contributed by atoms with Gasteiger partial charge in [0.15, 0.2) is 21.7 Å². The van der Waals surface area contributed by atoms with E-state index in [1.807, 2.05) is 0 Å². The fourth-order valence-corrected chi connectivity index (χ4v) is 3.88. The number of hydrogen-bond acceptors (Lipinski definition) is 8. The van der Waals surface area contributed by atoms with E-state index >= 15 is 0 Å². The van der Waals surface area contributed by atoms with Crippen LogP contribution in [0.4, 0.5) is 0 Å². The average molecular weight is 515 g/mol. The van der Waals surface area contributed by atoms with Crippen LogP contribution in [0.25, 0.3) is 22.6 Å². The molecule has 0 aliphatic rings. The van der Waals surface area contributed by atoms with Crippen molar-refractivity contribution >= 4 is 32.9 Å². The topological polar surface area (TPSA) is 162 Å². The van der Waals surface area contributed by atoms with Crippen molar-refractivity contribution in [1.29, 1.82) is 10.8 Å². The molecule has 0 fully saturated rings. The summed E-state index contributed by atoms with van der Waals surface area (Å²) in [5.41, 5.74) is 0.713. The van der Waals surface area contributed by atoms with Gasteiger partial charge >= 0.3 is 0 Å². The smallest absolute Gasteiger partial charge is 0.286 e. The number of aromatic amines is 1. The highest BCUT2D eigenvalue weighted by atomic mass is 79.9. The summed E-state index contributed by atoms with van der Waals surface area (Å²) in [6.45, 7) is 2.61. The van der Waals surface area contributed by atoms with Gasteiger partial charge in [0.25, 0.3) is 11.4 Å². The molecule has 4 rings (SSSR count). The van der Waals surface area contributed by atoms with Gasteiger partial charge in [-0.2, -0.15) is 4.98 Å². The third kappa shape index (κ3) is 4.65. The largest absolute Gasteiger partial charge is 0.508 e. The second-order valence-electron chi connectivity index (χ2n) is 7.56. The molecule has 0 spiro atoms. The van der Waals surface area contributed by atoms with Crippen molar-refractivity contribution in [2.24, 2.45) is 0 Å². The predicted molar refractivity (Wildman–Crippen MR) is 124 cm³/mol. The number of aryl methyl sites for hydroxylation is 2. The number of phenols is 1. The van der Waals surface area contributed by atoms with Crippen molar-refractivity contribution in [2.75, 3.05) is 0 Å². The Morgan fingerprint density at radius 2 is 2.00 bits per heavy atom. The van der Waals surface area contributed by atoms with Crippen LogP contribution in [0.3, 0.4) is 0 Å². The van der Waals surface area contributed by atoms with Gasteiger partial charge < -0.3 is 14.6 Å². The van der Waals surface area contributed by atoms with E-state index in [0.29, 0.717) is 34.2 Å². The molecule has 4 aromatic rings. The minimum absolute atomic E-state index is 0.0437. The van der Waals surface area contributed by atoms with Crippen molar-refractivity contribution in [2.45, 2.75) is 45.6 Å². The molecule has 0 atom stereocenters. The van der Waals surface area contributed by atoms with Crippen LogP contribution in [0.2, 0.25) is 0 Å². The van der Waals surface area contributed by atoms with Gasteiger partial charge in [-0.15, -0.1) is 0 Å². The molecule has 172 valence electrons. The van der Waals surface area contributed by atoms with Gasteiger partial charge in [-0.05, 0) is 46.6 Å². The number of nitrogens with one attached hydrogen (secondary N) is 3. The normalized spacial score (nSPS) is 11.3. The Morgan fingerprint density at radius 3 is 2.73 bits per heavy atom. The van der Waals surface area contributed by atoms with Crippen LogP contribution >= 0.6 is 15.9 Å². The summed E-state index contributed by atoms with van der Waals surface area (Å²) in [6, 6.07) is 6.37. The molecule has 0 amide bonds. The summed E-state index contributed by atoms with van der Waals surface area (Å²) in [5.74, 6) is 0.769. The van der Waals surface area contributed by atoms with Gasteiger partial charge in [-0.1, -0.05) is 24.9 Å². The Labute approximate surface area is 196 Å². The number of hydrogen-bond donors (Lipinski definition) is 4. The first kappa shape index (κ1) is 22.6. The molecule has 3 aromatic heterocycles. The molecule has 0 saturated heterocycles. The molecule has 33 heavy (non-hydrogen) atoms. The predicted octanol–water partition coefficient (Wildman–Crippen LogP) is 3.17. The van der Waals surface area contributed by atoms with E-state index in [1.165, 1.54) is 12.1 Å². The highest BCUT2D eigenvalue weighted by molar-refractivity contribution is 9.10. The van der Waals surface area contributed by atoms with Crippen LogP contribution in [0.15, 0.2) is 38.3 Å². The lowest BCUT2D eigenvalue weighted by Crippen LogP contribution is -2.44. The number of phenolic OH excluding ortho intramolecular Hbond substituents is 1. The number of nitrogens with zero attached hydrogens (tertiary/aromatic N) is 5. The molecule has 0 aliphatic carbocycles. The van der Waals surface area contributed by atoms with Gasteiger partial charge in [0.05, 0.1) is 0 Å². The summed E-state index contributed by atoms with van der Waals surface area (Å²) >= 11 is 3.26. The van der Waals surface area contributed by atoms with E-state index in [4.69, 9.17) is 15.3 Å². The molecule has 0 aliphatic heterocycles. The minimum Gasteiger partial charge on any atom is -0.508 e. The zero-order valence-corrected chi connectivity index (χ0v) is 19.5. The summed E-state index contributed by atoms with van der Waals surface area (Å²) in [4.78, 5) is 24.6. The Morgan fingerprint density at radius 1 is 1.24 bits per heavy atom. The van der Waals surface area contributed by atoms with Crippen LogP contribution in [0.1, 0.15) is 38.4 Å². The van der Waals surface area contributed by atoms with E-state index in [9.17, 15) is 9.90 Å². The molecule has 0 bridgehead atoms. The van der Waals surface area contributed by atoms with Gasteiger partial charge in [0, 0.05) is 24.9 Å². The molecule has 4 N–H and O–H groups in total. The number of H-pyrrole nitrogens is 1. The van der Waals surface area contributed by atoms with Crippen LogP contribution in [-0.2, 0) is 13.0 Å². The molecule has 3 heterocycles. The quantitative estimate of drug-likeness (QED) is 0.122. The fourth-order valence-electron chi connectivity index (χ4n) is 3.51. The maximum atomic E-state index is 13.0. The number of imidazole rings is 1. The fraction of sp³-hybridized carbons (Fsp3) is 0.333. The third-order valence-electron chi connectivity index (χ3n) is 5.22. The molecule has 0 saturated carbocycles. The summed E-state index contributed by atoms with van der Waals surface area (Å²) in [5, 5.41) is 30.5. The highest BCUT2D eigenvalue weighted by Gasteiger charge is 2.18. The number of halogens is 1. The molecule has 12 heteroatoms. The Hall–Kier alpha value is -3.54. The molecule has 1 aromatic carbocycles. The third-order valence-corrected chi connectivity index (χ3v) is 5.59. The van der Waals surface area contributed by atoms with Gasteiger partial charge in [0.1, 0.15) is 11.6 Å². The molecular formula is C21H23BrN8O3. The first-order valence-electron chi connectivity index (χ1n) is 10.5. The standard InChI is InChI=1S/C21H23BrN8O3/c1-2-3-4-11-29-17-16(26-20(22)27-17)19(32)30(21(29)24)14(23)9-10-15-25-18(33-28-15)12-5-7-13(31)8-6-12/h5-8,23-24,31H,2-4,9-11H2,1H3,(H,26,27). The highest BCUT2D eigenvalue weighted by Crippen LogP contribution is 2.20. The number of aromatic nitrogens is 6. The van der Waals surface area contributed by atoms with Gasteiger partial charge in [0.2, 0.25) is 5.62 Å². The monoisotopic (exact) mass is 514 g/mol. The van der Waals surface area contributed by atoms with Crippen molar-refractivity contribution in [1.82, 2.24) is 29.2 Å². The minimum atomic E-state index is -0.497. The lowest BCUT2D eigenvalue weighted by atomic mass is 10.2. The van der Waals surface area contributed by atoms with Crippen molar-refractivity contribution < 1.29 is 9.63 Å². The lowest BCUT2D eigenvalue weighted by molar-refractivity contribution is 0.422. The van der Waals surface area contributed by atoms with E-state index in [0.717, 1.165) is 23.8 Å². The summed E-state index contributed by atoms with van der Waals surface area (Å²) in [7, 11) is 0. The van der Waals surface area contributed by atoms with E-state index in [2.05, 4.69) is 43.0 Å². The van der Waals surface area contributed by atoms with Gasteiger partial charge in [-0.3, -0.25) is 20.2 Å². The van der Waals surface area contributed by atoms with E-state index < -0.39 is 5.56 Å². The maximum absolute atomic E-state index is 13.0. The lowest BCUT2D eigenvalue weighted by Gasteiger charge is -2.13. The summed E-state index contributed by atoms with van der Waals surface area (Å²) < 4.78 is 8.40. The molecule has 0 radical (unpaired) electrons. The van der Waals surface area contributed by atoms with Gasteiger partial charge in [-0.25, -0.2) is 9.55 Å². The number of aromatic hydroxyl groups is 1.